The van der Waals surface area contributed by atoms with Crippen LogP contribution in [0.3, 0.4) is 0 Å². The van der Waals surface area contributed by atoms with E-state index in [1.54, 1.807) is 12.1 Å². The van der Waals surface area contributed by atoms with Crippen molar-refractivity contribution in [3.8, 4) is 0 Å². The SMILES string of the molecule is COC[C@@H](NC(C)=O)c1cccc(Cl)c1F. The van der Waals surface area contributed by atoms with Crippen LogP contribution in [-0.2, 0) is 9.53 Å². The summed E-state index contributed by atoms with van der Waals surface area (Å²) in [6.07, 6.45) is 0. The van der Waals surface area contributed by atoms with Gasteiger partial charge in [0.05, 0.1) is 17.7 Å². The minimum atomic E-state index is -0.528. The molecule has 0 fully saturated rings. The molecule has 88 valence electrons. The van der Waals surface area contributed by atoms with Gasteiger partial charge in [-0.2, -0.15) is 0 Å². The zero-order valence-corrected chi connectivity index (χ0v) is 9.84. The van der Waals surface area contributed by atoms with Crippen LogP contribution < -0.4 is 5.32 Å². The third kappa shape index (κ3) is 3.18. The molecular formula is C11H13ClFNO2. The van der Waals surface area contributed by atoms with Gasteiger partial charge in [-0.15, -0.1) is 0 Å². The van der Waals surface area contributed by atoms with Crippen molar-refractivity contribution in [1.82, 2.24) is 5.32 Å². The van der Waals surface area contributed by atoms with Crippen LogP contribution >= 0.6 is 11.6 Å². The van der Waals surface area contributed by atoms with E-state index in [0.717, 1.165) is 0 Å². The third-order valence-electron chi connectivity index (χ3n) is 2.07. The molecule has 0 saturated carbocycles. The smallest absolute Gasteiger partial charge is 0.217 e. The number of carbonyl (C=O) groups excluding carboxylic acids is 1. The van der Waals surface area contributed by atoms with Crippen LogP contribution in [-0.4, -0.2) is 19.6 Å². The van der Waals surface area contributed by atoms with Crippen molar-refractivity contribution in [2.24, 2.45) is 0 Å². The second kappa shape index (κ2) is 5.82. The molecule has 1 aromatic rings. The first-order valence-corrected chi connectivity index (χ1v) is 5.14. The van der Waals surface area contributed by atoms with Crippen molar-refractivity contribution in [2.45, 2.75) is 13.0 Å². The molecular weight excluding hydrogens is 233 g/mol. The van der Waals surface area contributed by atoms with Crippen LogP contribution in [0.25, 0.3) is 0 Å². The van der Waals surface area contributed by atoms with Gasteiger partial charge in [-0.3, -0.25) is 4.79 Å². The molecule has 0 radical (unpaired) electrons. The molecule has 5 heteroatoms. The molecule has 0 aliphatic rings. The molecule has 0 aliphatic carbocycles. The van der Waals surface area contributed by atoms with Crippen molar-refractivity contribution in [2.75, 3.05) is 13.7 Å². The van der Waals surface area contributed by atoms with E-state index < -0.39 is 11.9 Å². The van der Waals surface area contributed by atoms with E-state index in [0.29, 0.717) is 5.56 Å². The predicted octanol–water partition coefficient (Wildman–Crippen LogP) is 2.30. The van der Waals surface area contributed by atoms with Gasteiger partial charge in [-0.05, 0) is 6.07 Å². The first-order valence-electron chi connectivity index (χ1n) is 4.76. The molecule has 1 amide bonds. The number of methoxy groups -OCH3 is 1. The number of halogens is 2. The summed E-state index contributed by atoms with van der Waals surface area (Å²) in [6, 6.07) is 4.13. The number of benzene rings is 1. The highest BCUT2D eigenvalue weighted by molar-refractivity contribution is 6.30. The Balaban J connectivity index is 3.00. The summed E-state index contributed by atoms with van der Waals surface area (Å²) in [7, 11) is 1.48. The largest absolute Gasteiger partial charge is 0.382 e. The van der Waals surface area contributed by atoms with Gasteiger partial charge >= 0.3 is 0 Å². The Morgan fingerprint density at radius 2 is 2.31 bits per heavy atom. The number of amides is 1. The van der Waals surface area contributed by atoms with Gasteiger partial charge < -0.3 is 10.1 Å². The molecule has 1 aromatic carbocycles. The van der Waals surface area contributed by atoms with Crippen LogP contribution in [0.4, 0.5) is 4.39 Å². The van der Waals surface area contributed by atoms with E-state index in [-0.39, 0.29) is 17.5 Å². The summed E-state index contributed by atoms with van der Waals surface area (Å²) in [5.74, 6) is -0.776. The Bertz CT molecular complexity index is 384. The molecule has 0 spiro atoms. The number of carbonyl (C=O) groups is 1. The van der Waals surface area contributed by atoms with Crippen molar-refractivity contribution in [1.29, 1.82) is 0 Å². The van der Waals surface area contributed by atoms with Crippen molar-refractivity contribution in [3.63, 3.8) is 0 Å². The maximum atomic E-state index is 13.7. The minimum Gasteiger partial charge on any atom is -0.382 e. The van der Waals surface area contributed by atoms with Crippen LogP contribution in [0.2, 0.25) is 5.02 Å². The summed E-state index contributed by atoms with van der Waals surface area (Å²) in [5, 5.41) is 2.63. The summed E-state index contributed by atoms with van der Waals surface area (Å²) in [6.45, 7) is 1.56. The highest BCUT2D eigenvalue weighted by Crippen LogP contribution is 2.23. The first-order chi connectivity index (χ1) is 7.56. The van der Waals surface area contributed by atoms with Gasteiger partial charge in [0.2, 0.25) is 5.91 Å². The maximum Gasteiger partial charge on any atom is 0.217 e. The molecule has 16 heavy (non-hydrogen) atoms. The Kier molecular flexibility index (Phi) is 4.71. The highest BCUT2D eigenvalue weighted by Gasteiger charge is 2.18. The summed E-state index contributed by atoms with van der Waals surface area (Å²) in [4.78, 5) is 11.0. The van der Waals surface area contributed by atoms with Crippen molar-refractivity contribution >= 4 is 17.5 Å². The lowest BCUT2D eigenvalue weighted by molar-refractivity contribution is -0.120. The van der Waals surface area contributed by atoms with Gasteiger partial charge in [0.25, 0.3) is 0 Å². The van der Waals surface area contributed by atoms with E-state index >= 15 is 0 Å². The fourth-order valence-corrected chi connectivity index (χ4v) is 1.59. The van der Waals surface area contributed by atoms with Crippen LogP contribution in [0.5, 0.6) is 0 Å². The van der Waals surface area contributed by atoms with Gasteiger partial charge in [0.1, 0.15) is 5.82 Å². The Labute approximate surface area is 98.5 Å². The second-order valence-electron chi connectivity index (χ2n) is 3.35. The number of nitrogens with one attached hydrogen (secondary N) is 1. The lowest BCUT2D eigenvalue weighted by atomic mass is 10.1. The summed E-state index contributed by atoms with van der Waals surface area (Å²) >= 11 is 5.67. The van der Waals surface area contributed by atoms with Gasteiger partial charge in [0.15, 0.2) is 0 Å². The van der Waals surface area contributed by atoms with E-state index in [1.165, 1.54) is 20.1 Å². The quantitative estimate of drug-likeness (QED) is 0.884. The lowest BCUT2D eigenvalue weighted by Crippen LogP contribution is -2.30. The van der Waals surface area contributed by atoms with E-state index in [2.05, 4.69) is 5.32 Å². The van der Waals surface area contributed by atoms with Crippen molar-refractivity contribution in [3.05, 3.63) is 34.6 Å². The average molecular weight is 246 g/mol. The van der Waals surface area contributed by atoms with Crippen LogP contribution in [0.15, 0.2) is 18.2 Å². The van der Waals surface area contributed by atoms with E-state index in [9.17, 15) is 9.18 Å². The zero-order valence-electron chi connectivity index (χ0n) is 9.09. The molecule has 0 aromatic heterocycles. The molecule has 0 heterocycles. The van der Waals surface area contributed by atoms with Crippen LogP contribution in [0.1, 0.15) is 18.5 Å². The molecule has 1 atom stereocenters. The molecule has 1 N–H and O–H groups in total. The monoisotopic (exact) mass is 245 g/mol. The minimum absolute atomic E-state index is 0.0314. The fourth-order valence-electron chi connectivity index (χ4n) is 1.41. The lowest BCUT2D eigenvalue weighted by Gasteiger charge is -2.18. The van der Waals surface area contributed by atoms with E-state index in [4.69, 9.17) is 16.3 Å². The third-order valence-corrected chi connectivity index (χ3v) is 2.36. The molecule has 0 saturated heterocycles. The fraction of sp³-hybridized carbons (Fsp3) is 0.364. The van der Waals surface area contributed by atoms with Crippen LogP contribution in [0, 0.1) is 5.82 Å². The zero-order chi connectivity index (χ0) is 12.1. The van der Waals surface area contributed by atoms with E-state index in [1.807, 2.05) is 0 Å². The number of hydrogen-bond acceptors (Lipinski definition) is 2. The summed E-state index contributed by atoms with van der Waals surface area (Å²) in [5.41, 5.74) is 0.324. The normalized spacial score (nSPS) is 12.2. The molecule has 1 rings (SSSR count). The molecule has 3 nitrogen and oxygen atoms in total. The number of hydrogen-bond donors (Lipinski definition) is 1. The molecule has 0 aliphatic heterocycles. The predicted molar refractivity (Wildman–Crippen MR) is 59.8 cm³/mol. The maximum absolute atomic E-state index is 13.7. The summed E-state index contributed by atoms with van der Waals surface area (Å²) < 4.78 is 18.6. The Morgan fingerprint density at radius 3 is 2.88 bits per heavy atom. The highest BCUT2D eigenvalue weighted by atomic mass is 35.5. The molecule has 0 bridgehead atoms. The van der Waals surface area contributed by atoms with Gasteiger partial charge in [-0.25, -0.2) is 4.39 Å². The number of rotatable bonds is 4. The standard InChI is InChI=1S/C11H13ClFNO2/c1-7(15)14-10(6-16-2)8-4-3-5-9(12)11(8)13/h3-5,10H,6H2,1-2H3,(H,14,15)/t10-/m1/s1. The number of ether oxygens (including phenoxy) is 1. The van der Waals surface area contributed by atoms with Gasteiger partial charge in [0, 0.05) is 19.6 Å². The average Bonchev–Trinajstić information content (AvgIpc) is 2.21. The second-order valence-corrected chi connectivity index (χ2v) is 3.76. The first kappa shape index (κ1) is 12.9. The Hall–Kier alpha value is -1.13. The Morgan fingerprint density at radius 1 is 1.62 bits per heavy atom. The molecule has 0 unspecified atom stereocenters. The van der Waals surface area contributed by atoms with Crippen molar-refractivity contribution < 1.29 is 13.9 Å². The topological polar surface area (TPSA) is 38.3 Å². The van der Waals surface area contributed by atoms with Gasteiger partial charge in [-0.1, -0.05) is 23.7 Å².